The molecule has 17 heavy (non-hydrogen) atoms. The molecule has 5 heteroatoms. The molecular weight excluding hydrogens is 224 g/mol. The number of carboxylic acid groups (broad SMARTS) is 1. The largest absolute Gasteiger partial charge is 0.502 e. The SMILES string of the molecule is CCCCc1occc1C(=O)C=C(O)C(=O)O. The first-order valence-electron chi connectivity index (χ1n) is 5.31. The lowest BCUT2D eigenvalue weighted by Crippen LogP contribution is -2.04. The molecule has 0 saturated carbocycles. The van der Waals surface area contributed by atoms with E-state index >= 15 is 0 Å². The monoisotopic (exact) mass is 238 g/mol. The highest BCUT2D eigenvalue weighted by Gasteiger charge is 2.15. The van der Waals surface area contributed by atoms with Gasteiger partial charge in [-0.3, -0.25) is 4.79 Å². The molecule has 1 aromatic heterocycles. The van der Waals surface area contributed by atoms with E-state index in [1.54, 1.807) is 0 Å². The molecule has 1 aromatic rings. The van der Waals surface area contributed by atoms with Gasteiger partial charge < -0.3 is 14.6 Å². The first kappa shape index (κ1) is 13.0. The molecule has 0 aromatic carbocycles. The maximum Gasteiger partial charge on any atom is 0.371 e. The highest BCUT2D eigenvalue weighted by atomic mass is 16.4. The summed E-state index contributed by atoms with van der Waals surface area (Å²) in [6, 6.07) is 1.47. The number of carbonyl (C=O) groups excluding carboxylic acids is 1. The Balaban J connectivity index is 2.86. The van der Waals surface area contributed by atoms with Crippen LogP contribution in [0, 0.1) is 0 Å². The molecule has 1 heterocycles. The molecule has 0 spiro atoms. The van der Waals surface area contributed by atoms with Crippen LogP contribution in [0.1, 0.15) is 35.9 Å². The normalized spacial score (nSPS) is 11.5. The number of allylic oxidation sites excluding steroid dienone is 1. The van der Waals surface area contributed by atoms with Crippen molar-refractivity contribution in [3.63, 3.8) is 0 Å². The van der Waals surface area contributed by atoms with Crippen LogP contribution in [-0.4, -0.2) is 22.0 Å². The number of ketones is 1. The van der Waals surface area contributed by atoms with Gasteiger partial charge in [-0.05, 0) is 12.5 Å². The highest BCUT2D eigenvalue weighted by Crippen LogP contribution is 2.15. The summed E-state index contributed by atoms with van der Waals surface area (Å²) in [5.41, 5.74) is 0.297. The van der Waals surface area contributed by atoms with E-state index < -0.39 is 17.5 Å². The average molecular weight is 238 g/mol. The number of hydrogen-bond donors (Lipinski definition) is 2. The molecule has 5 nitrogen and oxygen atoms in total. The van der Waals surface area contributed by atoms with Gasteiger partial charge in [-0.25, -0.2) is 4.79 Å². The van der Waals surface area contributed by atoms with Crippen LogP contribution >= 0.6 is 0 Å². The molecule has 2 N–H and O–H groups in total. The summed E-state index contributed by atoms with van der Waals surface area (Å²) in [6.07, 6.45) is 4.52. The minimum atomic E-state index is -1.53. The zero-order valence-electron chi connectivity index (χ0n) is 9.47. The minimum Gasteiger partial charge on any atom is -0.502 e. The number of aryl methyl sites for hydroxylation is 1. The Kier molecular flexibility index (Phi) is 4.51. The van der Waals surface area contributed by atoms with Gasteiger partial charge in [0, 0.05) is 12.5 Å². The predicted octanol–water partition coefficient (Wildman–Crippen LogP) is 2.33. The van der Waals surface area contributed by atoms with Crippen LogP contribution < -0.4 is 0 Å². The van der Waals surface area contributed by atoms with Crippen molar-refractivity contribution in [2.75, 3.05) is 0 Å². The van der Waals surface area contributed by atoms with Gasteiger partial charge in [0.05, 0.1) is 11.8 Å². The summed E-state index contributed by atoms with van der Waals surface area (Å²) in [5.74, 6) is -2.55. The van der Waals surface area contributed by atoms with Crippen LogP contribution in [-0.2, 0) is 11.2 Å². The van der Waals surface area contributed by atoms with Gasteiger partial charge in [0.1, 0.15) is 5.76 Å². The van der Waals surface area contributed by atoms with E-state index in [9.17, 15) is 9.59 Å². The number of aliphatic carboxylic acids is 1. The molecule has 92 valence electrons. The number of furan rings is 1. The molecule has 0 bridgehead atoms. The first-order chi connectivity index (χ1) is 8.06. The number of aliphatic hydroxyl groups is 1. The van der Waals surface area contributed by atoms with Gasteiger partial charge in [0.2, 0.25) is 5.76 Å². The lowest BCUT2D eigenvalue weighted by atomic mass is 10.1. The van der Waals surface area contributed by atoms with Crippen molar-refractivity contribution in [1.82, 2.24) is 0 Å². The molecule has 1 rings (SSSR count). The Hall–Kier alpha value is -2.04. The van der Waals surface area contributed by atoms with Gasteiger partial charge in [-0.15, -0.1) is 0 Å². The third kappa shape index (κ3) is 3.48. The summed E-state index contributed by atoms with van der Waals surface area (Å²) in [7, 11) is 0. The summed E-state index contributed by atoms with van der Waals surface area (Å²) in [4.78, 5) is 22.0. The average Bonchev–Trinajstić information content (AvgIpc) is 2.74. The maximum absolute atomic E-state index is 11.6. The molecule has 0 aliphatic heterocycles. The summed E-state index contributed by atoms with van der Waals surface area (Å²) in [6.45, 7) is 2.01. The van der Waals surface area contributed by atoms with Crippen molar-refractivity contribution < 1.29 is 24.2 Å². The lowest BCUT2D eigenvalue weighted by Gasteiger charge is -1.98. The van der Waals surface area contributed by atoms with E-state index in [2.05, 4.69) is 0 Å². The number of carbonyl (C=O) groups is 2. The predicted molar refractivity (Wildman–Crippen MR) is 60.0 cm³/mol. The zero-order chi connectivity index (χ0) is 12.8. The van der Waals surface area contributed by atoms with Crippen molar-refractivity contribution in [1.29, 1.82) is 0 Å². The van der Waals surface area contributed by atoms with Crippen molar-refractivity contribution in [3.8, 4) is 0 Å². The smallest absolute Gasteiger partial charge is 0.371 e. The fourth-order valence-electron chi connectivity index (χ4n) is 1.35. The second-order valence-electron chi connectivity index (χ2n) is 3.56. The topological polar surface area (TPSA) is 87.7 Å². The van der Waals surface area contributed by atoms with Crippen molar-refractivity contribution in [2.24, 2.45) is 0 Å². The molecule has 0 radical (unpaired) electrons. The fraction of sp³-hybridized carbons (Fsp3) is 0.333. The summed E-state index contributed by atoms with van der Waals surface area (Å²) >= 11 is 0. The lowest BCUT2D eigenvalue weighted by molar-refractivity contribution is -0.135. The van der Waals surface area contributed by atoms with E-state index in [0.29, 0.717) is 23.8 Å². The number of unbranched alkanes of at least 4 members (excludes halogenated alkanes) is 1. The molecule has 0 fully saturated rings. The van der Waals surface area contributed by atoms with Crippen LogP contribution in [0.25, 0.3) is 0 Å². The molecule has 0 aliphatic carbocycles. The van der Waals surface area contributed by atoms with Crippen molar-refractivity contribution in [2.45, 2.75) is 26.2 Å². The number of carboxylic acids is 1. The molecule has 0 unspecified atom stereocenters. The second-order valence-corrected chi connectivity index (χ2v) is 3.56. The van der Waals surface area contributed by atoms with Crippen molar-refractivity contribution in [3.05, 3.63) is 35.5 Å². The zero-order valence-corrected chi connectivity index (χ0v) is 9.47. The number of rotatable bonds is 6. The maximum atomic E-state index is 11.6. The fourth-order valence-corrected chi connectivity index (χ4v) is 1.35. The molecular formula is C12H14O5. The van der Waals surface area contributed by atoms with Gasteiger partial charge in [-0.1, -0.05) is 13.3 Å². The van der Waals surface area contributed by atoms with Gasteiger partial charge in [0.15, 0.2) is 5.78 Å². The van der Waals surface area contributed by atoms with Gasteiger partial charge >= 0.3 is 5.97 Å². The second kappa shape index (κ2) is 5.89. The third-order valence-electron chi connectivity index (χ3n) is 2.26. The van der Waals surface area contributed by atoms with E-state index in [4.69, 9.17) is 14.6 Å². The molecule has 0 saturated heterocycles. The molecule has 0 atom stereocenters. The Morgan fingerprint density at radius 1 is 1.41 bits per heavy atom. The highest BCUT2D eigenvalue weighted by molar-refractivity contribution is 6.08. The number of aliphatic hydroxyl groups excluding tert-OH is 1. The van der Waals surface area contributed by atoms with E-state index in [-0.39, 0.29) is 0 Å². The minimum absolute atomic E-state index is 0.297. The first-order valence-corrected chi connectivity index (χ1v) is 5.31. The summed E-state index contributed by atoms with van der Waals surface area (Å²) < 4.78 is 5.15. The van der Waals surface area contributed by atoms with Crippen LogP contribution in [0.3, 0.4) is 0 Å². The van der Waals surface area contributed by atoms with Crippen LogP contribution in [0.2, 0.25) is 0 Å². The Morgan fingerprint density at radius 2 is 2.12 bits per heavy atom. The third-order valence-corrected chi connectivity index (χ3v) is 2.26. The van der Waals surface area contributed by atoms with Gasteiger partial charge in [0.25, 0.3) is 0 Å². The Bertz CT molecular complexity index is 442. The quantitative estimate of drug-likeness (QED) is 0.451. The molecule has 0 amide bonds. The van der Waals surface area contributed by atoms with Crippen molar-refractivity contribution >= 4 is 11.8 Å². The van der Waals surface area contributed by atoms with Crippen LogP contribution in [0.4, 0.5) is 0 Å². The van der Waals surface area contributed by atoms with E-state index in [1.807, 2.05) is 6.92 Å². The van der Waals surface area contributed by atoms with Gasteiger partial charge in [-0.2, -0.15) is 0 Å². The van der Waals surface area contributed by atoms with Crippen LogP contribution in [0.5, 0.6) is 0 Å². The van der Waals surface area contributed by atoms with E-state index in [0.717, 1.165) is 12.8 Å². The van der Waals surface area contributed by atoms with Crippen LogP contribution in [0.15, 0.2) is 28.6 Å². The Morgan fingerprint density at radius 3 is 2.71 bits per heavy atom. The number of hydrogen-bond acceptors (Lipinski definition) is 4. The molecule has 0 aliphatic rings. The standard InChI is InChI=1S/C12H14O5/c1-2-3-4-11-8(5-6-17-11)9(13)7-10(14)12(15)16/h5-7,14H,2-4H2,1H3,(H,15,16). The summed E-state index contributed by atoms with van der Waals surface area (Å²) in [5, 5.41) is 17.4. The van der Waals surface area contributed by atoms with E-state index in [1.165, 1.54) is 12.3 Å². The Labute approximate surface area is 98.4 Å².